The Bertz CT molecular complexity index is 542. The minimum atomic E-state index is 0.577. The Morgan fingerprint density at radius 3 is 2.94 bits per heavy atom. The number of unbranched alkanes of at least 4 members (excludes halogenated alkanes) is 1. The molecule has 1 fully saturated rings. The molecule has 1 heterocycles. The van der Waals surface area contributed by atoms with Gasteiger partial charge in [0.15, 0.2) is 11.5 Å². The van der Waals surface area contributed by atoms with Gasteiger partial charge in [-0.15, -0.1) is 0 Å². The molecule has 2 aromatic rings. The lowest BCUT2D eigenvalue weighted by molar-refractivity contribution is 0.532. The topological polar surface area (TPSA) is 26.0 Å². The SMILES string of the molecule is CCCCc1cc(Br)c2oc(C3CC3)nc2c1. The summed E-state index contributed by atoms with van der Waals surface area (Å²) in [4.78, 5) is 4.61. The van der Waals surface area contributed by atoms with Gasteiger partial charge in [-0.05, 0) is 59.3 Å². The van der Waals surface area contributed by atoms with E-state index in [9.17, 15) is 0 Å². The second-order valence-electron chi connectivity index (χ2n) is 4.86. The molecule has 2 nitrogen and oxygen atoms in total. The van der Waals surface area contributed by atoms with Crippen LogP contribution in [0.3, 0.4) is 0 Å². The number of aromatic nitrogens is 1. The summed E-state index contributed by atoms with van der Waals surface area (Å²) in [5, 5.41) is 0. The Kier molecular flexibility index (Phi) is 2.95. The van der Waals surface area contributed by atoms with Crippen molar-refractivity contribution < 1.29 is 4.42 Å². The molecule has 1 aromatic carbocycles. The minimum Gasteiger partial charge on any atom is -0.439 e. The molecule has 1 aromatic heterocycles. The number of aryl methyl sites for hydroxylation is 1. The van der Waals surface area contributed by atoms with E-state index in [0.717, 1.165) is 27.9 Å². The van der Waals surface area contributed by atoms with Gasteiger partial charge in [-0.1, -0.05) is 13.3 Å². The van der Waals surface area contributed by atoms with Gasteiger partial charge in [-0.25, -0.2) is 4.98 Å². The van der Waals surface area contributed by atoms with E-state index in [1.807, 2.05) is 0 Å². The molecule has 17 heavy (non-hydrogen) atoms. The first-order chi connectivity index (χ1) is 8.28. The first-order valence-electron chi connectivity index (χ1n) is 6.36. The Balaban J connectivity index is 1.99. The number of rotatable bonds is 4. The summed E-state index contributed by atoms with van der Waals surface area (Å²) in [6, 6.07) is 4.34. The van der Waals surface area contributed by atoms with E-state index in [1.165, 1.54) is 31.2 Å². The second-order valence-corrected chi connectivity index (χ2v) is 5.71. The van der Waals surface area contributed by atoms with Crippen LogP contribution in [0.1, 0.15) is 50.0 Å². The summed E-state index contributed by atoms with van der Waals surface area (Å²) in [7, 11) is 0. The standard InChI is InChI=1S/C14H16BrNO/c1-2-3-4-9-7-11(15)13-12(8-9)16-14(17-13)10-5-6-10/h7-8,10H,2-6H2,1H3. The highest BCUT2D eigenvalue weighted by molar-refractivity contribution is 9.10. The maximum atomic E-state index is 5.82. The molecule has 0 spiro atoms. The molecule has 0 amide bonds. The van der Waals surface area contributed by atoms with Crippen LogP contribution in [0, 0.1) is 0 Å². The van der Waals surface area contributed by atoms with Crippen LogP contribution in [0.25, 0.3) is 11.1 Å². The van der Waals surface area contributed by atoms with E-state index >= 15 is 0 Å². The maximum Gasteiger partial charge on any atom is 0.198 e. The molecule has 0 aliphatic heterocycles. The van der Waals surface area contributed by atoms with E-state index < -0.39 is 0 Å². The average molecular weight is 294 g/mol. The van der Waals surface area contributed by atoms with Gasteiger partial charge in [-0.3, -0.25) is 0 Å². The van der Waals surface area contributed by atoms with Crippen LogP contribution < -0.4 is 0 Å². The Morgan fingerprint density at radius 1 is 1.41 bits per heavy atom. The van der Waals surface area contributed by atoms with Crippen LogP contribution in [-0.4, -0.2) is 4.98 Å². The van der Waals surface area contributed by atoms with Crippen molar-refractivity contribution in [1.82, 2.24) is 4.98 Å². The highest BCUT2D eigenvalue weighted by Gasteiger charge is 2.29. The number of oxazole rings is 1. The van der Waals surface area contributed by atoms with Crippen molar-refractivity contribution in [3.63, 3.8) is 0 Å². The smallest absolute Gasteiger partial charge is 0.198 e. The van der Waals surface area contributed by atoms with Crippen molar-refractivity contribution in [3.05, 3.63) is 28.1 Å². The van der Waals surface area contributed by atoms with E-state index in [4.69, 9.17) is 4.42 Å². The molecule has 1 aliphatic rings. The Labute approximate surface area is 110 Å². The molecule has 0 unspecified atom stereocenters. The largest absolute Gasteiger partial charge is 0.439 e. The van der Waals surface area contributed by atoms with Gasteiger partial charge in [0.2, 0.25) is 0 Å². The predicted molar refractivity (Wildman–Crippen MR) is 72.3 cm³/mol. The zero-order chi connectivity index (χ0) is 11.8. The van der Waals surface area contributed by atoms with Crippen molar-refractivity contribution in [1.29, 1.82) is 0 Å². The highest BCUT2D eigenvalue weighted by Crippen LogP contribution is 2.41. The van der Waals surface area contributed by atoms with Gasteiger partial charge in [0.25, 0.3) is 0 Å². The normalized spacial score (nSPS) is 15.6. The zero-order valence-corrected chi connectivity index (χ0v) is 11.6. The van der Waals surface area contributed by atoms with Gasteiger partial charge in [-0.2, -0.15) is 0 Å². The minimum absolute atomic E-state index is 0.577. The summed E-state index contributed by atoms with van der Waals surface area (Å²) in [6.45, 7) is 2.22. The summed E-state index contributed by atoms with van der Waals surface area (Å²) in [6.07, 6.45) is 6.03. The lowest BCUT2D eigenvalue weighted by Gasteiger charge is -2.00. The van der Waals surface area contributed by atoms with Gasteiger partial charge < -0.3 is 4.42 Å². The molecule has 0 atom stereocenters. The highest BCUT2D eigenvalue weighted by atomic mass is 79.9. The van der Waals surface area contributed by atoms with Gasteiger partial charge >= 0.3 is 0 Å². The molecule has 3 rings (SSSR count). The van der Waals surface area contributed by atoms with E-state index in [0.29, 0.717) is 5.92 Å². The van der Waals surface area contributed by atoms with E-state index in [2.05, 4.69) is 40.0 Å². The van der Waals surface area contributed by atoms with Crippen LogP contribution in [0.5, 0.6) is 0 Å². The summed E-state index contributed by atoms with van der Waals surface area (Å²) < 4.78 is 6.87. The number of nitrogens with zero attached hydrogens (tertiary/aromatic N) is 1. The molecule has 0 N–H and O–H groups in total. The third-order valence-corrected chi connectivity index (χ3v) is 3.86. The van der Waals surface area contributed by atoms with Crippen molar-refractivity contribution in [2.24, 2.45) is 0 Å². The van der Waals surface area contributed by atoms with E-state index in [1.54, 1.807) is 0 Å². The lowest BCUT2D eigenvalue weighted by Crippen LogP contribution is -1.85. The lowest BCUT2D eigenvalue weighted by atomic mass is 10.1. The van der Waals surface area contributed by atoms with Gasteiger partial charge in [0, 0.05) is 5.92 Å². The predicted octanol–water partition coefficient (Wildman–Crippen LogP) is 4.81. The number of fused-ring (bicyclic) bond motifs is 1. The maximum absolute atomic E-state index is 5.82. The molecule has 1 aliphatic carbocycles. The van der Waals surface area contributed by atoms with Gasteiger partial charge in [0.1, 0.15) is 5.52 Å². The van der Waals surface area contributed by atoms with Crippen molar-refractivity contribution in [2.75, 3.05) is 0 Å². The molecule has 0 bridgehead atoms. The van der Waals surface area contributed by atoms with Crippen molar-refractivity contribution in [2.45, 2.75) is 44.9 Å². The first kappa shape index (κ1) is 11.3. The summed E-state index contributed by atoms with van der Waals surface area (Å²) >= 11 is 3.59. The van der Waals surface area contributed by atoms with Crippen molar-refractivity contribution >= 4 is 27.0 Å². The summed E-state index contributed by atoms with van der Waals surface area (Å²) in [5.41, 5.74) is 3.27. The monoisotopic (exact) mass is 293 g/mol. The number of hydrogen-bond acceptors (Lipinski definition) is 2. The zero-order valence-electron chi connectivity index (χ0n) is 10.0. The third kappa shape index (κ3) is 2.25. The van der Waals surface area contributed by atoms with E-state index in [-0.39, 0.29) is 0 Å². The number of hydrogen-bond donors (Lipinski definition) is 0. The van der Waals surface area contributed by atoms with Crippen LogP contribution in [0.2, 0.25) is 0 Å². The van der Waals surface area contributed by atoms with Crippen LogP contribution in [0.4, 0.5) is 0 Å². The summed E-state index contributed by atoms with van der Waals surface area (Å²) in [5.74, 6) is 1.50. The molecular formula is C14H16BrNO. The molecule has 3 heteroatoms. The van der Waals surface area contributed by atoms with Crippen LogP contribution >= 0.6 is 15.9 Å². The van der Waals surface area contributed by atoms with Crippen LogP contribution in [0.15, 0.2) is 21.0 Å². The Morgan fingerprint density at radius 2 is 2.24 bits per heavy atom. The molecule has 90 valence electrons. The number of halogens is 1. The molecular weight excluding hydrogens is 278 g/mol. The average Bonchev–Trinajstić information content (AvgIpc) is 3.07. The fraction of sp³-hybridized carbons (Fsp3) is 0.500. The Hall–Kier alpha value is -0.830. The number of benzene rings is 1. The molecule has 0 radical (unpaired) electrons. The van der Waals surface area contributed by atoms with Crippen LogP contribution in [-0.2, 0) is 6.42 Å². The first-order valence-corrected chi connectivity index (χ1v) is 7.16. The van der Waals surface area contributed by atoms with Gasteiger partial charge in [0.05, 0.1) is 4.47 Å². The molecule has 1 saturated carbocycles. The second kappa shape index (κ2) is 4.45. The molecule has 0 saturated heterocycles. The quantitative estimate of drug-likeness (QED) is 0.808. The van der Waals surface area contributed by atoms with Crippen molar-refractivity contribution in [3.8, 4) is 0 Å². The fourth-order valence-corrected chi connectivity index (χ4v) is 2.67. The fourth-order valence-electron chi connectivity index (χ4n) is 2.09. The third-order valence-electron chi connectivity index (χ3n) is 3.27.